The summed E-state index contributed by atoms with van der Waals surface area (Å²) in [7, 11) is 1.18. The van der Waals surface area contributed by atoms with E-state index >= 15 is 0 Å². The number of methoxy groups -OCH3 is 1. The molecule has 1 fully saturated rings. The Kier molecular flexibility index (Phi) is 5.05. The molecule has 4 nitrogen and oxygen atoms in total. The Balaban J connectivity index is 2.36. The number of Topliss-reactive ketones (excluding diaryl/α,β-unsaturated/α-hetero) is 1. The highest BCUT2D eigenvalue weighted by atomic mass is 32.2. The van der Waals surface area contributed by atoms with Crippen LogP contribution in [0.15, 0.2) is 30.3 Å². The average molecular weight is 304 g/mol. The summed E-state index contributed by atoms with van der Waals surface area (Å²) in [5.74, 6) is 4.51. The van der Waals surface area contributed by atoms with Crippen LogP contribution in [0.2, 0.25) is 0 Å². The van der Waals surface area contributed by atoms with Gasteiger partial charge in [-0.25, -0.2) is 4.79 Å². The van der Waals surface area contributed by atoms with Gasteiger partial charge in [-0.3, -0.25) is 4.79 Å². The third-order valence-electron chi connectivity index (χ3n) is 3.34. The van der Waals surface area contributed by atoms with E-state index in [0.29, 0.717) is 23.5 Å². The summed E-state index contributed by atoms with van der Waals surface area (Å²) in [6.07, 6.45) is 0.335. The molecule has 0 amide bonds. The van der Waals surface area contributed by atoms with Crippen molar-refractivity contribution in [2.45, 2.75) is 12.0 Å². The maximum absolute atomic E-state index is 12.0. The van der Waals surface area contributed by atoms with Crippen LogP contribution in [0.25, 0.3) is 0 Å². The van der Waals surface area contributed by atoms with E-state index in [2.05, 4.69) is 16.6 Å². The molecule has 0 bridgehead atoms. The SMILES string of the molecule is COC(=O)[C@@](O)(C#Cc1ccccc1)[C@@H]1CSCCC1=O. The molecule has 0 spiro atoms. The van der Waals surface area contributed by atoms with Gasteiger partial charge in [0.25, 0.3) is 0 Å². The summed E-state index contributed by atoms with van der Waals surface area (Å²) in [5, 5.41) is 10.7. The molecule has 1 N–H and O–H groups in total. The molecule has 1 aliphatic heterocycles. The Hall–Kier alpha value is -1.77. The van der Waals surface area contributed by atoms with Gasteiger partial charge in [0, 0.05) is 23.5 Å². The van der Waals surface area contributed by atoms with Crippen molar-refractivity contribution in [3.8, 4) is 11.8 Å². The van der Waals surface area contributed by atoms with Crippen molar-refractivity contribution in [1.29, 1.82) is 0 Å². The molecule has 1 aliphatic rings. The van der Waals surface area contributed by atoms with Gasteiger partial charge in [0.05, 0.1) is 13.0 Å². The van der Waals surface area contributed by atoms with E-state index in [0.717, 1.165) is 0 Å². The first-order valence-corrected chi connectivity index (χ1v) is 7.73. The number of ketones is 1. The van der Waals surface area contributed by atoms with Crippen molar-refractivity contribution in [3.05, 3.63) is 35.9 Å². The third kappa shape index (κ3) is 3.46. The van der Waals surface area contributed by atoms with Gasteiger partial charge in [0.2, 0.25) is 5.60 Å². The van der Waals surface area contributed by atoms with Crippen LogP contribution < -0.4 is 0 Å². The molecule has 1 aromatic rings. The normalized spacial score (nSPS) is 20.9. The van der Waals surface area contributed by atoms with Crippen LogP contribution in [-0.4, -0.2) is 41.1 Å². The fourth-order valence-corrected chi connectivity index (χ4v) is 3.29. The number of hydrogen-bond acceptors (Lipinski definition) is 5. The van der Waals surface area contributed by atoms with Crippen molar-refractivity contribution in [1.82, 2.24) is 0 Å². The van der Waals surface area contributed by atoms with Gasteiger partial charge < -0.3 is 9.84 Å². The number of thioether (sulfide) groups is 1. The van der Waals surface area contributed by atoms with Crippen LogP contribution in [0, 0.1) is 17.8 Å². The summed E-state index contributed by atoms with van der Waals surface area (Å²) in [6.45, 7) is 0. The Morgan fingerprint density at radius 1 is 1.43 bits per heavy atom. The van der Waals surface area contributed by atoms with Crippen molar-refractivity contribution in [3.63, 3.8) is 0 Å². The second-order valence-electron chi connectivity index (χ2n) is 4.72. The van der Waals surface area contributed by atoms with Gasteiger partial charge in [-0.15, -0.1) is 0 Å². The molecule has 0 unspecified atom stereocenters. The highest BCUT2D eigenvalue weighted by molar-refractivity contribution is 7.99. The molecule has 110 valence electrons. The van der Waals surface area contributed by atoms with Gasteiger partial charge in [0.15, 0.2) is 0 Å². The lowest BCUT2D eigenvalue weighted by atomic mass is 9.84. The number of esters is 1. The summed E-state index contributed by atoms with van der Waals surface area (Å²) >= 11 is 1.53. The van der Waals surface area contributed by atoms with Crippen molar-refractivity contribution < 1.29 is 19.4 Å². The minimum absolute atomic E-state index is 0.149. The van der Waals surface area contributed by atoms with Crippen molar-refractivity contribution >= 4 is 23.5 Å². The zero-order chi connectivity index (χ0) is 15.3. The van der Waals surface area contributed by atoms with Crippen LogP contribution >= 0.6 is 11.8 Å². The summed E-state index contributed by atoms with van der Waals surface area (Å²) in [5.41, 5.74) is -1.43. The minimum Gasteiger partial charge on any atom is -0.466 e. The molecule has 2 rings (SSSR count). The van der Waals surface area contributed by atoms with E-state index in [1.807, 2.05) is 18.2 Å². The monoisotopic (exact) mass is 304 g/mol. The second-order valence-corrected chi connectivity index (χ2v) is 5.87. The zero-order valence-electron chi connectivity index (χ0n) is 11.7. The number of rotatable bonds is 2. The van der Waals surface area contributed by atoms with Crippen LogP contribution in [0.3, 0.4) is 0 Å². The first-order valence-electron chi connectivity index (χ1n) is 6.57. The van der Waals surface area contributed by atoms with Crippen LogP contribution in [0.4, 0.5) is 0 Å². The molecule has 0 aromatic heterocycles. The molecule has 21 heavy (non-hydrogen) atoms. The smallest absolute Gasteiger partial charge is 0.351 e. The van der Waals surface area contributed by atoms with E-state index in [9.17, 15) is 14.7 Å². The first-order chi connectivity index (χ1) is 10.1. The fraction of sp³-hybridized carbons (Fsp3) is 0.375. The molecule has 0 aliphatic carbocycles. The summed E-state index contributed by atoms with van der Waals surface area (Å²) in [6, 6.07) is 8.99. The van der Waals surface area contributed by atoms with Gasteiger partial charge in [-0.05, 0) is 18.1 Å². The molecule has 1 aromatic carbocycles. The minimum atomic E-state index is -2.09. The highest BCUT2D eigenvalue weighted by Gasteiger charge is 2.48. The van der Waals surface area contributed by atoms with E-state index in [4.69, 9.17) is 0 Å². The number of ether oxygens (including phenoxy) is 1. The average Bonchev–Trinajstić information content (AvgIpc) is 2.53. The van der Waals surface area contributed by atoms with Gasteiger partial charge >= 0.3 is 5.97 Å². The number of benzene rings is 1. The Morgan fingerprint density at radius 2 is 2.14 bits per heavy atom. The number of hydrogen-bond donors (Lipinski definition) is 1. The van der Waals surface area contributed by atoms with Gasteiger partial charge in [-0.1, -0.05) is 24.1 Å². The van der Waals surface area contributed by atoms with Crippen molar-refractivity contribution in [2.24, 2.45) is 5.92 Å². The van der Waals surface area contributed by atoms with Crippen LogP contribution in [0.1, 0.15) is 12.0 Å². The maximum atomic E-state index is 12.0. The molecular weight excluding hydrogens is 288 g/mol. The van der Waals surface area contributed by atoms with Crippen LogP contribution in [0.5, 0.6) is 0 Å². The Labute approximate surface area is 127 Å². The molecule has 1 heterocycles. The lowest BCUT2D eigenvalue weighted by molar-refractivity contribution is -0.163. The topological polar surface area (TPSA) is 63.6 Å². The van der Waals surface area contributed by atoms with E-state index in [1.54, 1.807) is 12.1 Å². The maximum Gasteiger partial charge on any atom is 0.351 e. The predicted molar refractivity (Wildman–Crippen MR) is 80.7 cm³/mol. The summed E-state index contributed by atoms with van der Waals surface area (Å²) < 4.78 is 4.65. The Bertz CT molecular complexity index is 587. The number of carbonyl (C=O) groups is 2. The Morgan fingerprint density at radius 3 is 2.76 bits per heavy atom. The lowest BCUT2D eigenvalue weighted by Gasteiger charge is -2.30. The van der Waals surface area contributed by atoms with E-state index < -0.39 is 17.5 Å². The third-order valence-corrected chi connectivity index (χ3v) is 4.40. The van der Waals surface area contributed by atoms with E-state index in [-0.39, 0.29) is 5.78 Å². The van der Waals surface area contributed by atoms with Gasteiger partial charge in [-0.2, -0.15) is 11.8 Å². The molecule has 2 atom stereocenters. The molecule has 1 saturated heterocycles. The number of aliphatic hydroxyl groups is 1. The van der Waals surface area contributed by atoms with E-state index in [1.165, 1.54) is 18.9 Å². The predicted octanol–water partition coefficient (Wildman–Crippen LogP) is 1.26. The van der Waals surface area contributed by atoms with Gasteiger partial charge in [0.1, 0.15) is 5.78 Å². The lowest BCUT2D eigenvalue weighted by Crippen LogP contribution is -2.51. The molecule has 0 saturated carbocycles. The van der Waals surface area contributed by atoms with Crippen molar-refractivity contribution in [2.75, 3.05) is 18.6 Å². The summed E-state index contributed by atoms with van der Waals surface area (Å²) in [4.78, 5) is 24.0. The zero-order valence-corrected chi connectivity index (χ0v) is 12.5. The quantitative estimate of drug-likeness (QED) is 0.658. The van der Waals surface area contributed by atoms with Crippen LogP contribution in [-0.2, 0) is 14.3 Å². The second kappa shape index (κ2) is 6.79. The first kappa shape index (κ1) is 15.6. The molecular formula is C16H16O4S. The standard InChI is InChI=1S/C16H16O4S/c1-20-15(18)16(19,13-11-21-10-8-14(13)17)9-7-12-5-3-2-4-6-12/h2-6,13,19H,8,10-11H2,1H3/t13-,16-/m1/s1. The molecule has 5 heteroatoms. The fourth-order valence-electron chi connectivity index (χ4n) is 2.12. The number of carbonyl (C=O) groups excluding carboxylic acids is 2. The molecule has 0 radical (unpaired) electrons. The largest absolute Gasteiger partial charge is 0.466 e. The highest BCUT2D eigenvalue weighted by Crippen LogP contribution is 2.30.